The molecule has 0 aromatic carbocycles. The minimum absolute atomic E-state index is 0.00815. The van der Waals surface area contributed by atoms with E-state index in [4.69, 9.17) is 0 Å². The third-order valence-corrected chi connectivity index (χ3v) is 4.30. The van der Waals surface area contributed by atoms with Crippen molar-refractivity contribution < 1.29 is 4.92 Å². The van der Waals surface area contributed by atoms with E-state index in [-0.39, 0.29) is 16.7 Å². The number of anilines is 1. The first-order chi connectivity index (χ1) is 9.43. The summed E-state index contributed by atoms with van der Waals surface area (Å²) in [7, 11) is 0. The van der Waals surface area contributed by atoms with Gasteiger partial charge in [0.1, 0.15) is 5.69 Å². The molecule has 0 aliphatic heterocycles. The molecule has 2 heterocycles. The Morgan fingerprint density at radius 3 is 2.70 bits per heavy atom. The third kappa shape index (κ3) is 2.67. The van der Waals surface area contributed by atoms with E-state index >= 15 is 0 Å². The Hall–Kier alpha value is -1.89. The minimum Gasteiger partial charge on any atom is -0.357 e. The first-order valence-corrected chi connectivity index (χ1v) is 7.30. The van der Waals surface area contributed by atoms with Crippen molar-refractivity contribution in [3.8, 4) is 0 Å². The van der Waals surface area contributed by atoms with Gasteiger partial charge < -0.3 is 5.32 Å². The molecule has 2 aromatic rings. The van der Waals surface area contributed by atoms with Gasteiger partial charge in [0.25, 0.3) is 0 Å². The molecule has 0 radical (unpaired) electrons. The average Bonchev–Trinajstić information content (AvgIpc) is 2.93. The highest BCUT2D eigenvalue weighted by Gasteiger charge is 2.26. The van der Waals surface area contributed by atoms with Crippen molar-refractivity contribution in [2.75, 3.05) is 5.32 Å². The van der Waals surface area contributed by atoms with Gasteiger partial charge >= 0.3 is 5.69 Å². The topological polar surface area (TPSA) is 73.0 Å². The normalized spacial score (nSPS) is 12.4. The van der Waals surface area contributed by atoms with Crippen LogP contribution in [0.3, 0.4) is 0 Å². The Balaban J connectivity index is 2.34. The van der Waals surface area contributed by atoms with E-state index in [2.05, 4.69) is 16.5 Å². The van der Waals surface area contributed by atoms with E-state index in [0.717, 1.165) is 4.88 Å². The predicted molar refractivity (Wildman–Crippen MR) is 80.4 cm³/mol. The lowest BCUT2D eigenvalue weighted by molar-refractivity contribution is -0.384. The predicted octanol–water partition coefficient (Wildman–Crippen LogP) is 3.66. The van der Waals surface area contributed by atoms with Gasteiger partial charge in [-0.15, -0.1) is 11.3 Å². The molecule has 108 valence electrons. The molecule has 1 unspecified atom stereocenters. The van der Waals surface area contributed by atoms with E-state index in [1.54, 1.807) is 22.9 Å². The summed E-state index contributed by atoms with van der Waals surface area (Å²) in [5, 5.41) is 18.7. The van der Waals surface area contributed by atoms with Gasteiger partial charge in [-0.05, 0) is 39.8 Å². The molecule has 0 aliphatic rings. The highest BCUT2D eigenvalue weighted by Crippen LogP contribution is 2.32. The Kier molecular flexibility index (Phi) is 4.08. The Morgan fingerprint density at radius 1 is 1.50 bits per heavy atom. The first-order valence-electron chi connectivity index (χ1n) is 6.48. The molecule has 7 heteroatoms. The van der Waals surface area contributed by atoms with Crippen LogP contribution in [0.1, 0.15) is 35.3 Å². The maximum Gasteiger partial charge on any atom is 0.333 e. The lowest BCUT2D eigenvalue weighted by Crippen LogP contribution is -2.11. The van der Waals surface area contributed by atoms with Crippen LogP contribution in [0.25, 0.3) is 0 Å². The summed E-state index contributed by atoms with van der Waals surface area (Å²) in [6.45, 7) is 8.21. The van der Waals surface area contributed by atoms with Crippen molar-refractivity contribution in [1.29, 1.82) is 0 Å². The van der Waals surface area contributed by atoms with Crippen LogP contribution >= 0.6 is 11.3 Å². The lowest BCUT2D eigenvalue weighted by Gasteiger charge is -2.14. The number of aromatic nitrogens is 2. The monoisotopic (exact) mass is 294 g/mol. The molecule has 1 atom stereocenters. The maximum atomic E-state index is 11.2. The van der Waals surface area contributed by atoms with Gasteiger partial charge in [0.2, 0.25) is 5.82 Å². The van der Waals surface area contributed by atoms with Crippen LogP contribution in [0.4, 0.5) is 11.5 Å². The smallest absolute Gasteiger partial charge is 0.333 e. The Morgan fingerprint density at radius 2 is 2.20 bits per heavy atom. The number of aryl methyl sites for hydroxylation is 3. The number of rotatable bonds is 5. The molecule has 0 saturated carbocycles. The number of hydrogen-bond donors (Lipinski definition) is 1. The summed E-state index contributed by atoms with van der Waals surface area (Å²) in [6.07, 6.45) is 0. The van der Waals surface area contributed by atoms with Crippen LogP contribution in [-0.4, -0.2) is 14.7 Å². The highest BCUT2D eigenvalue weighted by molar-refractivity contribution is 7.12. The van der Waals surface area contributed by atoms with E-state index in [1.807, 2.05) is 26.8 Å². The summed E-state index contributed by atoms with van der Waals surface area (Å²) in [6, 6.07) is 4.10. The van der Waals surface area contributed by atoms with Crippen LogP contribution in [0, 0.1) is 24.0 Å². The van der Waals surface area contributed by atoms with Crippen molar-refractivity contribution in [3.63, 3.8) is 0 Å². The van der Waals surface area contributed by atoms with Crippen molar-refractivity contribution in [1.82, 2.24) is 9.78 Å². The lowest BCUT2D eigenvalue weighted by atomic mass is 10.2. The van der Waals surface area contributed by atoms with Gasteiger partial charge in [-0.25, -0.2) is 4.68 Å². The molecule has 0 amide bonds. The zero-order valence-corrected chi connectivity index (χ0v) is 12.8. The zero-order chi connectivity index (χ0) is 14.9. The van der Waals surface area contributed by atoms with Crippen molar-refractivity contribution in [2.45, 2.75) is 40.3 Å². The molecule has 6 nitrogen and oxygen atoms in total. The number of thiophene rings is 1. The van der Waals surface area contributed by atoms with Crippen LogP contribution in [0.5, 0.6) is 0 Å². The second-order valence-corrected chi connectivity index (χ2v) is 5.99. The van der Waals surface area contributed by atoms with E-state index < -0.39 is 0 Å². The van der Waals surface area contributed by atoms with Gasteiger partial charge in [-0.3, -0.25) is 10.1 Å². The van der Waals surface area contributed by atoms with Crippen molar-refractivity contribution in [2.24, 2.45) is 0 Å². The van der Waals surface area contributed by atoms with Crippen LogP contribution < -0.4 is 5.32 Å². The molecule has 0 spiro atoms. The molecule has 0 bridgehead atoms. The SMILES string of the molecule is CCn1nc(C)c([N+](=O)[O-])c1NC(C)c1ccc(C)s1. The number of nitro groups is 1. The fraction of sp³-hybridized carbons (Fsp3) is 0.462. The van der Waals surface area contributed by atoms with Crippen LogP contribution in [-0.2, 0) is 6.54 Å². The molecule has 0 aliphatic carbocycles. The fourth-order valence-corrected chi connectivity index (χ4v) is 3.00. The van der Waals surface area contributed by atoms with Crippen LogP contribution in [0.15, 0.2) is 12.1 Å². The van der Waals surface area contributed by atoms with Gasteiger partial charge in [0.05, 0.1) is 11.0 Å². The fourth-order valence-electron chi connectivity index (χ4n) is 2.12. The third-order valence-electron chi connectivity index (χ3n) is 3.12. The van der Waals surface area contributed by atoms with E-state index in [0.29, 0.717) is 18.1 Å². The molecule has 0 fully saturated rings. The largest absolute Gasteiger partial charge is 0.357 e. The van der Waals surface area contributed by atoms with Gasteiger partial charge in [0.15, 0.2) is 0 Å². The molecule has 0 saturated heterocycles. The molecular weight excluding hydrogens is 276 g/mol. The number of nitrogens with zero attached hydrogens (tertiary/aromatic N) is 3. The average molecular weight is 294 g/mol. The number of nitrogens with one attached hydrogen (secondary N) is 1. The summed E-state index contributed by atoms with van der Waals surface area (Å²) in [5.41, 5.74) is 0.501. The summed E-state index contributed by atoms with van der Waals surface area (Å²) in [4.78, 5) is 13.2. The van der Waals surface area contributed by atoms with Gasteiger partial charge in [-0.1, -0.05) is 0 Å². The van der Waals surface area contributed by atoms with Crippen LogP contribution in [0.2, 0.25) is 0 Å². The summed E-state index contributed by atoms with van der Waals surface area (Å²) in [5.74, 6) is 0.480. The first kappa shape index (κ1) is 14.5. The Labute approximate surface area is 121 Å². The molecular formula is C13H18N4O2S. The van der Waals surface area contributed by atoms with Gasteiger partial charge in [-0.2, -0.15) is 5.10 Å². The van der Waals surface area contributed by atoms with E-state index in [1.165, 1.54) is 4.88 Å². The quantitative estimate of drug-likeness (QED) is 0.674. The highest BCUT2D eigenvalue weighted by atomic mass is 32.1. The second-order valence-electron chi connectivity index (χ2n) is 4.67. The summed E-state index contributed by atoms with van der Waals surface area (Å²) >= 11 is 1.69. The van der Waals surface area contributed by atoms with Gasteiger partial charge in [0, 0.05) is 16.3 Å². The zero-order valence-electron chi connectivity index (χ0n) is 12.0. The molecule has 2 rings (SSSR count). The van der Waals surface area contributed by atoms with E-state index in [9.17, 15) is 10.1 Å². The Bertz CT molecular complexity index is 632. The second kappa shape index (κ2) is 5.62. The summed E-state index contributed by atoms with van der Waals surface area (Å²) < 4.78 is 1.64. The maximum absolute atomic E-state index is 11.2. The standard InChI is InChI=1S/C13H18N4O2S/c1-5-16-13(12(17(18)19)10(4)15-16)14-9(3)11-7-6-8(2)20-11/h6-7,9,14H,5H2,1-4H3. The molecule has 20 heavy (non-hydrogen) atoms. The number of hydrogen-bond acceptors (Lipinski definition) is 5. The van der Waals surface area contributed by atoms with Crippen molar-refractivity contribution in [3.05, 3.63) is 37.7 Å². The molecule has 2 aromatic heterocycles. The van der Waals surface area contributed by atoms with Crippen molar-refractivity contribution >= 4 is 22.8 Å². The molecule has 1 N–H and O–H groups in total. The minimum atomic E-state index is -0.372.